The van der Waals surface area contributed by atoms with Crippen molar-refractivity contribution in [3.63, 3.8) is 0 Å². The fourth-order valence-electron chi connectivity index (χ4n) is 2.06. The van der Waals surface area contributed by atoms with Crippen molar-refractivity contribution in [2.75, 3.05) is 7.11 Å². The van der Waals surface area contributed by atoms with Gasteiger partial charge in [-0.3, -0.25) is 4.79 Å². The fourth-order valence-corrected chi connectivity index (χ4v) is 2.27. The molecule has 1 rings (SSSR count). The lowest BCUT2D eigenvalue weighted by Gasteiger charge is -2.29. The predicted molar refractivity (Wildman–Crippen MR) is 80.6 cm³/mol. The zero-order chi connectivity index (χ0) is 13.5. The Hall–Kier alpha value is -0.360. The van der Waals surface area contributed by atoms with E-state index in [-0.39, 0.29) is 24.1 Å². The predicted octanol–water partition coefficient (Wildman–Crippen LogP) is 3.63. The summed E-state index contributed by atoms with van der Waals surface area (Å²) >= 11 is 2.18. The van der Waals surface area contributed by atoms with E-state index in [1.54, 1.807) is 7.11 Å². The maximum absolute atomic E-state index is 11.5. The minimum Gasteiger partial charge on any atom is -0.462 e. The van der Waals surface area contributed by atoms with Gasteiger partial charge in [-0.05, 0) is 29.4 Å². The summed E-state index contributed by atoms with van der Waals surface area (Å²) in [5, 5.41) is 0. The van der Waals surface area contributed by atoms with Crippen molar-refractivity contribution in [1.29, 1.82) is 0 Å². The Bertz CT molecular complexity index is 336. The number of ether oxygens (including phenoxy) is 2. The average Bonchev–Trinajstić information content (AvgIpc) is 2.37. The molecule has 3 nitrogen and oxygen atoms in total. The Labute approximate surface area is 123 Å². The van der Waals surface area contributed by atoms with Crippen LogP contribution in [0.3, 0.4) is 0 Å². The molecule has 0 aromatic carbocycles. The molecule has 102 valence electrons. The first kappa shape index (κ1) is 15.7. The van der Waals surface area contributed by atoms with E-state index in [0.717, 1.165) is 24.8 Å². The van der Waals surface area contributed by atoms with Gasteiger partial charge in [0.15, 0.2) is 0 Å². The van der Waals surface area contributed by atoms with Crippen molar-refractivity contribution < 1.29 is 14.3 Å². The second kappa shape index (κ2) is 7.94. The van der Waals surface area contributed by atoms with Crippen LogP contribution in [0.4, 0.5) is 0 Å². The van der Waals surface area contributed by atoms with E-state index in [0.29, 0.717) is 0 Å². The van der Waals surface area contributed by atoms with Crippen molar-refractivity contribution in [3.8, 4) is 0 Å². The van der Waals surface area contributed by atoms with Crippen LogP contribution in [0.15, 0.2) is 21.8 Å². The van der Waals surface area contributed by atoms with Gasteiger partial charge in [0.05, 0.1) is 12.0 Å². The summed E-state index contributed by atoms with van der Waals surface area (Å²) in [4.78, 5) is 11.5. The number of methoxy groups -OCH3 is 1. The van der Waals surface area contributed by atoms with Gasteiger partial charge in [0.2, 0.25) is 0 Å². The minimum absolute atomic E-state index is 0.00872. The summed E-state index contributed by atoms with van der Waals surface area (Å²) in [5.74, 6) is -0.0317. The van der Waals surface area contributed by atoms with Crippen LogP contribution in [0.1, 0.15) is 33.1 Å². The van der Waals surface area contributed by atoms with E-state index in [4.69, 9.17) is 9.47 Å². The molecule has 0 spiro atoms. The third-order valence-corrected chi connectivity index (χ3v) is 3.72. The summed E-state index contributed by atoms with van der Waals surface area (Å²) < 4.78 is 12.9. The first-order valence-electron chi connectivity index (χ1n) is 6.25. The summed E-state index contributed by atoms with van der Waals surface area (Å²) in [5.41, 5.74) is 1.15. The number of carbonyl (C=O) groups is 1. The molecule has 0 bridgehead atoms. The highest BCUT2D eigenvalue weighted by atomic mass is 127. The zero-order valence-corrected chi connectivity index (χ0v) is 13.3. The lowest BCUT2D eigenvalue weighted by atomic mass is 9.94. The molecule has 0 aliphatic carbocycles. The zero-order valence-electron chi connectivity index (χ0n) is 11.2. The molecule has 1 heterocycles. The molecule has 4 heteroatoms. The van der Waals surface area contributed by atoms with Crippen LogP contribution in [0.25, 0.3) is 0 Å². The molecule has 18 heavy (non-hydrogen) atoms. The van der Waals surface area contributed by atoms with Gasteiger partial charge in [0, 0.05) is 13.5 Å². The molecule has 1 saturated heterocycles. The molecule has 0 N–H and O–H groups in total. The molecular weight excluding hydrogens is 343 g/mol. The third-order valence-electron chi connectivity index (χ3n) is 3.31. The first-order chi connectivity index (χ1) is 8.58. The first-order valence-corrected chi connectivity index (χ1v) is 7.49. The summed E-state index contributed by atoms with van der Waals surface area (Å²) in [6, 6.07) is 0. The van der Waals surface area contributed by atoms with E-state index in [9.17, 15) is 4.79 Å². The number of carbonyl (C=O) groups excluding carboxylic acids is 1. The van der Waals surface area contributed by atoms with Crippen LogP contribution in [0.5, 0.6) is 0 Å². The van der Waals surface area contributed by atoms with Crippen molar-refractivity contribution in [1.82, 2.24) is 0 Å². The minimum atomic E-state index is -0.0742. The van der Waals surface area contributed by atoms with Gasteiger partial charge in [-0.25, -0.2) is 0 Å². The van der Waals surface area contributed by atoms with Crippen molar-refractivity contribution >= 4 is 28.6 Å². The number of cyclic esters (lactones) is 1. The van der Waals surface area contributed by atoms with Gasteiger partial charge >= 0.3 is 5.97 Å². The van der Waals surface area contributed by atoms with Crippen molar-refractivity contribution in [2.24, 2.45) is 5.92 Å². The summed E-state index contributed by atoms with van der Waals surface area (Å²) in [7, 11) is 1.70. The quantitative estimate of drug-likeness (QED) is 0.425. The number of rotatable bonds is 5. The lowest BCUT2D eigenvalue weighted by molar-refractivity contribution is -0.161. The van der Waals surface area contributed by atoms with Gasteiger partial charge < -0.3 is 9.47 Å². The number of hydrogen-bond donors (Lipinski definition) is 0. The van der Waals surface area contributed by atoms with Crippen LogP contribution in [-0.4, -0.2) is 25.3 Å². The molecule has 1 aliphatic heterocycles. The number of esters is 1. The molecule has 0 unspecified atom stereocenters. The fraction of sp³-hybridized carbons (Fsp3) is 0.643. The van der Waals surface area contributed by atoms with Crippen LogP contribution >= 0.6 is 22.6 Å². The number of allylic oxidation sites excluding steroid dienone is 2. The molecule has 0 aromatic heterocycles. The van der Waals surface area contributed by atoms with Crippen molar-refractivity contribution in [2.45, 2.75) is 45.3 Å². The van der Waals surface area contributed by atoms with E-state index < -0.39 is 0 Å². The van der Waals surface area contributed by atoms with Gasteiger partial charge in [-0.15, -0.1) is 0 Å². The number of hydrogen-bond acceptors (Lipinski definition) is 3. The molecule has 0 aromatic rings. The van der Waals surface area contributed by atoms with E-state index in [1.807, 2.05) is 30.1 Å². The van der Waals surface area contributed by atoms with Crippen LogP contribution in [-0.2, 0) is 14.3 Å². The Morgan fingerprint density at radius 2 is 2.33 bits per heavy atom. The van der Waals surface area contributed by atoms with Crippen molar-refractivity contribution in [3.05, 3.63) is 21.8 Å². The van der Waals surface area contributed by atoms with Gasteiger partial charge in [0.1, 0.15) is 6.10 Å². The topological polar surface area (TPSA) is 35.5 Å². The maximum Gasteiger partial charge on any atom is 0.308 e. The Morgan fingerprint density at radius 1 is 1.61 bits per heavy atom. The summed E-state index contributed by atoms with van der Waals surface area (Å²) in [6.45, 7) is 3.96. The van der Waals surface area contributed by atoms with E-state index in [2.05, 4.69) is 22.6 Å². The molecule has 1 aliphatic rings. The molecular formula is C14H21IO3. The Kier molecular flexibility index (Phi) is 6.92. The van der Waals surface area contributed by atoms with E-state index >= 15 is 0 Å². The monoisotopic (exact) mass is 364 g/mol. The third kappa shape index (κ3) is 4.72. The largest absolute Gasteiger partial charge is 0.462 e. The highest BCUT2D eigenvalue weighted by Crippen LogP contribution is 2.25. The molecule has 1 fully saturated rings. The highest BCUT2D eigenvalue weighted by molar-refractivity contribution is 14.1. The molecule has 3 atom stereocenters. The standard InChI is InChI=1S/C14H21IO3/c1-10(5-4-8-15)13(17-3)9-12-7-6-11(2)14(16)18-12/h4-5,8,11-13H,6-7,9H2,1-3H3/b8-4-,10-5+/t11-,12+,13+/m1/s1. The SMILES string of the molecule is CO[C@@H](C[C@@H]1CC[C@@H](C)C(=O)O1)/C(C)=C/C=C\I. The second-order valence-electron chi connectivity index (χ2n) is 4.73. The molecule has 0 saturated carbocycles. The number of halogens is 1. The highest BCUT2D eigenvalue weighted by Gasteiger charge is 2.28. The van der Waals surface area contributed by atoms with Crippen LogP contribution < -0.4 is 0 Å². The molecule has 0 amide bonds. The Morgan fingerprint density at radius 3 is 2.89 bits per heavy atom. The van der Waals surface area contributed by atoms with Gasteiger partial charge in [-0.1, -0.05) is 41.7 Å². The van der Waals surface area contributed by atoms with E-state index in [1.165, 1.54) is 0 Å². The Balaban J connectivity index is 2.56. The van der Waals surface area contributed by atoms with Gasteiger partial charge in [0.25, 0.3) is 0 Å². The van der Waals surface area contributed by atoms with Crippen LogP contribution in [0, 0.1) is 5.92 Å². The maximum atomic E-state index is 11.5. The lowest BCUT2D eigenvalue weighted by Crippen LogP contribution is -2.32. The average molecular weight is 364 g/mol. The smallest absolute Gasteiger partial charge is 0.308 e. The second-order valence-corrected chi connectivity index (χ2v) is 5.45. The van der Waals surface area contributed by atoms with Crippen LogP contribution in [0.2, 0.25) is 0 Å². The summed E-state index contributed by atoms with van der Waals surface area (Å²) in [6.07, 6.45) is 6.62. The molecule has 0 radical (unpaired) electrons. The normalized spacial score (nSPS) is 27.3. The van der Waals surface area contributed by atoms with Gasteiger partial charge in [-0.2, -0.15) is 0 Å².